The molecule has 0 atom stereocenters. The zero-order valence-electron chi connectivity index (χ0n) is 8.34. The summed E-state index contributed by atoms with van der Waals surface area (Å²) in [6, 6.07) is 12.5. The summed E-state index contributed by atoms with van der Waals surface area (Å²) in [5, 5.41) is 0. The molecule has 0 amide bonds. The van der Waals surface area contributed by atoms with Crippen LogP contribution in [0.25, 0.3) is 0 Å². The second kappa shape index (κ2) is 3.38. The Morgan fingerprint density at radius 2 is 1.44 bits per heavy atom. The van der Waals surface area contributed by atoms with E-state index in [4.69, 9.17) is 9.47 Å². The lowest BCUT2D eigenvalue weighted by atomic mass is 10.2. The van der Waals surface area contributed by atoms with E-state index in [1.54, 1.807) is 18.2 Å². The number of hydrogen-bond donors (Lipinski definition) is 0. The molecule has 0 fully saturated rings. The Bertz CT molecular complexity index is 561. The average Bonchev–Trinajstić information content (AvgIpc) is 2.35. The molecule has 0 saturated heterocycles. The normalized spacial score (nSPS) is 11.8. The third-order valence-electron chi connectivity index (χ3n) is 2.39. The van der Waals surface area contributed by atoms with Gasteiger partial charge in [-0.3, -0.25) is 4.79 Å². The first-order valence-corrected chi connectivity index (χ1v) is 4.91. The molecule has 2 aromatic rings. The van der Waals surface area contributed by atoms with Crippen LogP contribution in [0.15, 0.2) is 42.5 Å². The molecule has 0 aromatic heterocycles. The Labute approximate surface area is 92.2 Å². The van der Waals surface area contributed by atoms with E-state index >= 15 is 0 Å². The first-order valence-electron chi connectivity index (χ1n) is 4.91. The standard InChI is InChI=1S/C13H8O3/c14-8-9-5-6-12-13(7-9)16-11-4-2-1-3-10(11)15-12/h1-8H. The second-order valence-corrected chi connectivity index (χ2v) is 3.47. The summed E-state index contributed by atoms with van der Waals surface area (Å²) in [6.07, 6.45) is 0.782. The third kappa shape index (κ3) is 1.34. The van der Waals surface area contributed by atoms with Gasteiger partial charge in [0.2, 0.25) is 0 Å². The highest BCUT2D eigenvalue weighted by Crippen LogP contribution is 2.44. The fourth-order valence-corrected chi connectivity index (χ4v) is 1.62. The smallest absolute Gasteiger partial charge is 0.170 e. The van der Waals surface area contributed by atoms with Crippen molar-refractivity contribution < 1.29 is 14.3 Å². The Kier molecular flexibility index (Phi) is 1.90. The van der Waals surface area contributed by atoms with E-state index in [0.717, 1.165) is 6.29 Å². The van der Waals surface area contributed by atoms with Crippen LogP contribution in [0.2, 0.25) is 0 Å². The molecule has 0 spiro atoms. The molecule has 0 aliphatic carbocycles. The summed E-state index contributed by atoms with van der Waals surface area (Å²) >= 11 is 0. The molecule has 1 heterocycles. The number of para-hydroxylation sites is 2. The number of rotatable bonds is 1. The van der Waals surface area contributed by atoms with Crippen LogP contribution in [0.1, 0.15) is 10.4 Å². The second-order valence-electron chi connectivity index (χ2n) is 3.47. The molecule has 2 aromatic carbocycles. The van der Waals surface area contributed by atoms with Gasteiger partial charge in [-0.15, -0.1) is 0 Å². The van der Waals surface area contributed by atoms with E-state index in [2.05, 4.69) is 0 Å². The van der Waals surface area contributed by atoms with Gasteiger partial charge in [-0.25, -0.2) is 0 Å². The van der Waals surface area contributed by atoms with E-state index in [1.807, 2.05) is 24.3 Å². The molecule has 78 valence electrons. The average molecular weight is 212 g/mol. The maximum atomic E-state index is 10.6. The SMILES string of the molecule is O=Cc1ccc2c(c1)Oc1ccccc1O2. The van der Waals surface area contributed by atoms with Crippen LogP contribution in [0, 0.1) is 0 Å². The van der Waals surface area contributed by atoms with Crippen molar-refractivity contribution in [3.63, 3.8) is 0 Å². The van der Waals surface area contributed by atoms with Crippen LogP contribution >= 0.6 is 0 Å². The fourth-order valence-electron chi connectivity index (χ4n) is 1.62. The first-order chi connectivity index (χ1) is 7.86. The summed E-state index contributed by atoms with van der Waals surface area (Å²) in [7, 11) is 0. The molecular formula is C13H8O3. The Morgan fingerprint density at radius 1 is 0.812 bits per heavy atom. The van der Waals surface area contributed by atoms with Gasteiger partial charge < -0.3 is 9.47 Å². The molecular weight excluding hydrogens is 204 g/mol. The maximum Gasteiger partial charge on any atom is 0.170 e. The van der Waals surface area contributed by atoms with Crippen LogP contribution in [-0.4, -0.2) is 6.29 Å². The minimum Gasteiger partial charge on any atom is -0.450 e. The van der Waals surface area contributed by atoms with Crippen molar-refractivity contribution >= 4 is 6.29 Å². The van der Waals surface area contributed by atoms with Crippen LogP contribution < -0.4 is 9.47 Å². The minimum absolute atomic E-state index is 0.571. The molecule has 0 saturated carbocycles. The van der Waals surface area contributed by atoms with Gasteiger partial charge in [0.15, 0.2) is 23.0 Å². The summed E-state index contributed by atoms with van der Waals surface area (Å²) in [4.78, 5) is 10.6. The van der Waals surface area contributed by atoms with Gasteiger partial charge in [0.1, 0.15) is 6.29 Å². The number of carbonyl (C=O) groups is 1. The topological polar surface area (TPSA) is 35.5 Å². The predicted octanol–water partition coefficient (Wildman–Crippen LogP) is 3.40. The van der Waals surface area contributed by atoms with E-state index in [9.17, 15) is 4.79 Å². The Hall–Kier alpha value is -2.29. The monoisotopic (exact) mass is 212 g/mol. The number of benzene rings is 2. The number of hydrogen-bond acceptors (Lipinski definition) is 3. The molecule has 1 aliphatic heterocycles. The largest absolute Gasteiger partial charge is 0.450 e. The fraction of sp³-hybridized carbons (Fsp3) is 0. The van der Waals surface area contributed by atoms with E-state index in [1.165, 1.54) is 0 Å². The van der Waals surface area contributed by atoms with Crippen LogP contribution in [0.5, 0.6) is 23.0 Å². The zero-order valence-corrected chi connectivity index (χ0v) is 8.34. The first kappa shape index (κ1) is 8.97. The van der Waals surface area contributed by atoms with Gasteiger partial charge >= 0.3 is 0 Å². The maximum absolute atomic E-state index is 10.6. The quantitative estimate of drug-likeness (QED) is 0.580. The summed E-state index contributed by atoms with van der Waals surface area (Å²) in [6.45, 7) is 0. The number of fused-ring (bicyclic) bond motifs is 2. The van der Waals surface area contributed by atoms with Gasteiger partial charge in [0, 0.05) is 5.56 Å². The van der Waals surface area contributed by atoms with E-state index in [0.29, 0.717) is 28.6 Å². The van der Waals surface area contributed by atoms with Gasteiger partial charge in [-0.1, -0.05) is 12.1 Å². The van der Waals surface area contributed by atoms with Crippen molar-refractivity contribution in [1.82, 2.24) is 0 Å². The Morgan fingerprint density at radius 3 is 2.12 bits per heavy atom. The molecule has 0 bridgehead atoms. The van der Waals surface area contributed by atoms with Crippen LogP contribution in [-0.2, 0) is 0 Å². The molecule has 1 aliphatic rings. The van der Waals surface area contributed by atoms with E-state index in [-0.39, 0.29) is 0 Å². The third-order valence-corrected chi connectivity index (χ3v) is 2.39. The van der Waals surface area contributed by atoms with Crippen LogP contribution in [0.4, 0.5) is 0 Å². The highest BCUT2D eigenvalue weighted by Gasteiger charge is 2.17. The lowest BCUT2D eigenvalue weighted by molar-refractivity contribution is 0.112. The van der Waals surface area contributed by atoms with Gasteiger partial charge in [-0.05, 0) is 30.3 Å². The van der Waals surface area contributed by atoms with E-state index < -0.39 is 0 Å². The summed E-state index contributed by atoms with van der Waals surface area (Å²) < 4.78 is 11.3. The minimum atomic E-state index is 0.571. The van der Waals surface area contributed by atoms with Crippen molar-refractivity contribution in [1.29, 1.82) is 0 Å². The lowest BCUT2D eigenvalue weighted by Gasteiger charge is -2.20. The van der Waals surface area contributed by atoms with Crippen molar-refractivity contribution in [2.75, 3.05) is 0 Å². The molecule has 3 nitrogen and oxygen atoms in total. The zero-order chi connectivity index (χ0) is 11.0. The van der Waals surface area contributed by atoms with Gasteiger partial charge in [0.05, 0.1) is 0 Å². The molecule has 0 radical (unpaired) electrons. The summed E-state index contributed by atoms with van der Waals surface area (Å²) in [5.41, 5.74) is 0.571. The summed E-state index contributed by atoms with van der Waals surface area (Å²) in [5.74, 6) is 2.56. The highest BCUT2D eigenvalue weighted by atomic mass is 16.6. The Balaban J connectivity index is 2.08. The van der Waals surface area contributed by atoms with Crippen molar-refractivity contribution in [3.05, 3.63) is 48.0 Å². The van der Waals surface area contributed by atoms with Crippen molar-refractivity contribution in [3.8, 4) is 23.0 Å². The molecule has 16 heavy (non-hydrogen) atoms. The number of aldehydes is 1. The van der Waals surface area contributed by atoms with Crippen molar-refractivity contribution in [2.24, 2.45) is 0 Å². The lowest BCUT2D eigenvalue weighted by Crippen LogP contribution is -1.99. The highest BCUT2D eigenvalue weighted by molar-refractivity contribution is 5.77. The van der Waals surface area contributed by atoms with Crippen molar-refractivity contribution in [2.45, 2.75) is 0 Å². The molecule has 0 unspecified atom stereocenters. The predicted molar refractivity (Wildman–Crippen MR) is 58.4 cm³/mol. The van der Waals surface area contributed by atoms with Crippen LogP contribution in [0.3, 0.4) is 0 Å². The number of ether oxygens (including phenoxy) is 2. The molecule has 0 N–H and O–H groups in total. The van der Waals surface area contributed by atoms with Gasteiger partial charge in [-0.2, -0.15) is 0 Å². The van der Waals surface area contributed by atoms with Gasteiger partial charge in [0.25, 0.3) is 0 Å². The molecule has 3 rings (SSSR count). The molecule has 3 heteroatoms. The number of carbonyl (C=O) groups excluding carboxylic acids is 1.